The topological polar surface area (TPSA) is 155 Å². The van der Waals surface area contributed by atoms with Crippen LogP contribution in [0.25, 0.3) is 21.9 Å². The fraction of sp³-hybridized carbons (Fsp3) is 0.393. The summed E-state index contributed by atoms with van der Waals surface area (Å²) < 4.78 is 21.0. The van der Waals surface area contributed by atoms with Gasteiger partial charge < -0.3 is 31.8 Å². The normalized spacial score (nSPS) is 19.3. The van der Waals surface area contributed by atoms with Gasteiger partial charge in [0.2, 0.25) is 17.7 Å². The summed E-state index contributed by atoms with van der Waals surface area (Å²) in [6.07, 6.45) is 7.19. The maximum Gasteiger partial charge on any atom is 0.237 e. The van der Waals surface area contributed by atoms with Gasteiger partial charge in [0.15, 0.2) is 5.82 Å². The molecule has 2 aromatic heterocycles. The number of benzene rings is 1. The molecule has 1 fully saturated rings. The second-order valence-electron chi connectivity index (χ2n) is 10.2. The van der Waals surface area contributed by atoms with Gasteiger partial charge in [-0.05, 0) is 61.6 Å². The molecule has 0 unspecified atom stereocenters. The molecule has 1 aromatic carbocycles. The molecule has 3 aromatic rings. The van der Waals surface area contributed by atoms with Gasteiger partial charge in [0.05, 0.1) is 11.6 Å². The Kier molecular flexibility index (Phi) is 7.32. The lowest BCUT2D eigenvalue weighted by Gasteiger charge is -2.31. The number of carbonyl (C=O) groups excluding carboxylic acids is 2. The van der Waals surface area contributed by atoms with Crippen molar-refractivity contribution < 1.29 is 18.7 Å². The van der Waals surface area contributed by atoms with E-state index in [9.17, 15) is 9.59 Å². The predicted octanol–water partition coefficient (Wildman–Crippen LogP) is 4.03. The van der Waals surface area contributed by atoms with Crippen molar-refractivity contribution in [2.24, 2.45) is 11.8 Å². The Balaban J connectivity index is 1.39. The number of hydrogen-bond donors (Lipinski definition) is 5. The van der Waals surface area contributed by atoms with Crippen molar-refractivity contribution in [1.29, 1.82) is 5.41 Å². The first kappa shape index (κ1) is 26.3. The van der Waals surface area contributed by atoms with Crippen molar-refractivity contribution >= 4 is 46.0 Å². The molecule has 2 aliphatic rings. The monoisotopic (exact) mass is 533 g/mol. The third-order valence-corrected chi connectivity index (χ3v) is 7.66. The number of carbonyl (C=O) groups is 2. The number of halogens is 1. The largest absolute Gasteiger partial charge is 0.474 e. The molecule has 3 heterocycles. The summed E-state index contributed by atoms with van der Waals surface area (Å²) >= 11 is 0. The number of rotatable bonds is 6. The molecule has 5 rings (SSSR count). The molecule has 2 amide bonds. The summed E-state index contributed by atoms with van der Waals surface area (Å²) in [5.41, 5.74) is 8.54. The highest BCUT2D eigenvalue weighted by Gasteiger charge is 2.31. The van der Waals surface area contributed by atoms with Crippen molar-refractivity contribution in [3.8, 4) is 17.0 Å². The minimum Gasteiger partial charge on any atom is -0.474 e. The van der Waals surface area contributed by atoms with Gasteiger partial charge in [0, 0.05) is 54.6 Å². The first-order valence-corrected chi connectivity index (χ1v) is 13.1. The second-order valence-corrected chi connectivity index (χ2v) is 10.2. The summed E-state index contributed by atoms with van der Waals surface area (Å²) in [5.74, 6) is -0.796. The van der Waals surface area contributed by atoms with Gasteiger partial charge in [-0.15, -0.1) is 0 Å². The predicted molar refractivity (Wildman–Crippen MR) is 149 cm³/mol. The smallest absolute Gasteiger partial charge is 0.237 e. The zero-order valence-corrected chi connectivity index (χ0v) is 21.9. The average molecular weight is 534 g/mol. The SMILES string of the molecule is CC(=O)NC1CCC([C@@H](C=N)C(=O)Nc2cc3cc(-c4cnc5c(c4C)NCCO5)c(F)c(N)c3cn2)CC1. The van der Waals surface area contributed by atoms with Crippen molar-refractivity contribution in [1.82, 2.24) is 15.3 Å². The molecule has 0 saturated heterocycles. The molecule has 10 nitrogen and oxygen atoms in total. The Bertz CT molecular complexity index is 1450. The molecule has 1 saturated carbocycles. The first-order valence-electron chi connectivity index (χ1n) is 13.1. The van der Waals surface area contributed by atoms with E-state index in [1.807, 2.05) is 6.92 Å². The summed E-state index contributed by atoms with van der Waals surface area (Å²) in [6, 6.07) is 3.44. The zero-order chi connectivity index (χ0) is 27.7. The molecular formula is C28H32FN7O3. The molecule has 204 valence electrons. The summed E-state index contributed by atoms with van der Waals surface area (Å²) in [6.45, 7) is 4.51. The van der Waals surface area contributed by atoms with E-state index in [-0.39, 0.29) is 35.0 Å². The minimum absolute atomic E-state index is 0.00128. The molecule has 11 heteroatoms. The molecule has 0 spiro atoms. The van der Waals surface area contributed by atoms with Crippen molar-refractivity contribution in [3.05, 3.63) is 35.9 Å². The highest BCUT2D eigenvalue weighted by molar-refractivity contribution is 6.03. The van der Waals surface area contributed by atoms with E-state index in [1.54, 1.807) is 18.3 Å². The number of hydrogen-bond acceptors (Lipinski definition) is 8. The van der Waals surface area contributed by atoms with Crippen LogP contribution in [0.15, 0.2) is 24.5 Å². The van der Waals surface area contributed by atoms with Crippen molar-refractivity contribution in [3.63, 3.8) is 0 Å². The highest BCUT2D eigenvalue weighted by atomic mass is 19.1. The van der Waals surface area contributed by atoms with Gasteiger partial charge in [-0.1, -0.05) is 0 Å². The van der Waals surface area contributed by atoms with Crippen LogP contribution in [0.3, 0.4) is 0 Å². The molecule has 0 bridgehead atoms. The maximum atomic E-state index is 15.4. The Morgan fingerprint density at radius 1 is 1.21 bits per heavy atom. The molecular weight excluding hydrogens is 501 g/mol. The Morgan fingerprint density at radius 3 is 2.69 bits per heavy atom. The van der Waals surface area contributed by atoms with E-state index in [1.165, 1.54) is 19.3 Å². The van der Waals surface area contributed by atoms with E-state index in [2.05, 4.69) is 25.9 Å². The van der Waals surface area contributed by atoms with Crippen LogP contribution in [-0.2, 0) is 9.59 Å². The fourth-order valence-corrected chi connectivity index (χ4v) is 5.60. The van der Waals surface area contributed by atoms with E-state index in [4.69, 9.17) is 15.9 Å². The van der Waals surface area contributed by atoms with Crippen LogP contribution in [-0.4, -0.2) is 47.2 Å². The number of nitrogen functional groups attached to an aromatic ring is 1. The van der Waals surface area contributed by atoms with Crippen LogP contribution >= 0.6 is 0 Å². The minimum atomic E-state index is -0.617. The number of nitrogens with one attached hydrogen (secondary N) is 4. The number of anilines is 3. The molecule has 1 aliphatic carbocycles. The third kappa shape index (κ3) is 5.21. The molecule has 1 aliphatic heterocycles. The number of nitrogens with zero attached hydrogens (tertiary/aromatic N) is 2. The summed E-state index contributed by atoms with van der Waals surface area (Å²) in [4.78, 5) is 33.1. The first-order chi connectivity index (χ1) is 18.8. The molecule has 39 heavy (non-hydrogen) atoms. The number of ether oxygens (including phenoxy) is 1. The summed E-state index contributed by atoms with van der Waals surface area (Å²) in [7, 11) is 0. The lowest BCUT2D eigenvalue weighted by molar-refractivity contribution is -0.121. The fourth-order valence-electron chi connectivity index (χ4n) is 5.60. The zero-order valence-electron chi connectivity index (χ0n) is 21.9. The van der Waals surface area contributed by atoms with E-state index in [0.29, 0.717) is 41.2 Å². The lowest BCUT2D eigenvalue weighted by atomic mass is 9.78. The van der Waals surface area contributed by atoms with Gasteiger partial charge >= 0.3 is 0 Å². The second kappa shape index (κ2) is 10.8. The Hall–Kier alpha value is -4.28. The van der Waals surface area contributed by atoms with E-state index >= 15 is 4.39 Å². The van der Waals surface area contributed by atoms with Crippen LogP contribution in [0, 0.1) is 30.0 Å². The van der Waals surface area contributed by atoms with Gasteiger partial charge in [0.25, 0.3) is 0 Å². The average Bonchev–Trinajstić information content (AvgIpc) is 2.92. The van der Waals surface area contributed by atoms with Crippen molar-refractivity contribution in [2.45, 2.75) is 45.6 Å². The maximum absolute atomic E-state index is 15.4. The molecule has 1 atom stereocenters. The number of pyridine rings is 2. The quantitative estimate of drug-likeness (QED) is 0.237. The number of aromatic nitrogens is 2. The van der Waals surface area contributed by atoms with Crippen LogP contribution in [0.5, 0.6) is 5.88 Å². The van der Waals surface area contributed by atoms with E-state index < -0.39 is 11.7 Å². The van der Waals surface area contributed by atoms with Crippen LogP contribution in [0.2, 0.25) is 0 Å². The summed E-state index contributed by atoms with van der Waals surface area (Å²) in [5, 5.41) is 18.0. The standard InChI is InChI=1S/C28H32FN7O3/c1-14-21(12-34-28-26(14)32-7-8-39-28)19-9-17-10-23(33-13-22(17)25(31)24(19)29)36-27(38)20(11-30)16-3-5-18(6-4-16)35-15(2)37/h9-13,16,18,20,30,32H,3-8,31H2,1-2H3,(H,35,37)(H,33,36,38)/t16?,18?,20-/m1/s1. The van der Waals surface area contributed by atoms with Crippen molar-refractivity contribution in [2.75, 3.05) is 29.5 Å². The number of fused-ring (bicyclic) bond motifs is 2. The van der Waals surface area contributed by atoms with Gasteiger partial charge in [-0.3, -0.25) is 9.59 Å². The molecule has 6 N–H and O–H groups in total. The van der Waals surface area contributed by atoms with Gasteiger partial charge in [0.1, 0.15) is 18.1 Å². The van der Waals surface area contributed by atoms with Crippen LogP contribution in [0.4, 0.5) is 21.6 Å². The van der Waals surface area contributed by atoms with Gasteiger partial charge in [-0.2, -0.15) is 0 Å². The Morgan fingerprint density at radius 2 is 1.97 bits per heavy atom. The molecule has 0 radical (unpaired) electrons. The van der Waals surface area contributed by atoms with Gasteiger partial charge in [-0.25, -0.2) is 14.4 Å². The highest BCUT2D eigenvalue weighted by Crippen LogP contribution is 2.39. The third-order valence-electron chi connectivity index (χ3n) is 7.66. The van der Waals surface area contributed by atoms with Crippen LogP contribution in [0.1, 0.15) is 38.2 Å². The number of nitrogens with two attached hydrogens (primary N) is 1. The lowest BCUT2D eigenvalue weighted by Crippen LogP contribution is -2.39. The number of amides is 2. The van der Waals surface area contributed by atoms with E-state index in [0.717, 1.165) is 36.9 Å². The van der Waals surface area contributed by atoms with Crippen LogP contribution < -0.4 is 26.4 Å². The Labute approximate surface area is 225 Å².